The van der Waals surface area contributed by atoms with Gasteiger partial charge in [-0.3, -0.25) is 4.79 Å². The van der Waals surface area contributed by atoms with Crippen molar-refractivity contribution in [3.63, 3.8) is 0 Å². The van der Waals surface area contributed by atoms with E-state index >= 15 is 0 Å². The first-order chi connectivity index (χ1) is 9.31. The topological polar surface area (TPSA) is 26.3 Å². The number of benzene rings is 2. The van der Waals surface area contributed by atoms with Crippen molar-refractivity contribution in [2.24, 2.45) is 0 Å². The van der Waals surface area contributed by atoms with Gasteiger partial charge in [-0.05, 0) is 22.4 Å². The van der Waals surface area contributed by atoms with E-state index in [2.05, 4.69) is 18.2 Å². The molecule has 2 nitrogen and oxygen atoms in total. The molecule has 1 aliphatic carbocycles. The SMILES string of the molecule is O=C1C=C2Oc3ccc4ccccc4c3CC2=CC1. The quantitative estimate of drug-likeness (QED) is 0.712. The number of ketones is 1. The fourth-order valence-electron chi connectivity index (χ4n) is 2.78. The van der Waals surface area contributed by atoms with Crippen molar-refractivity contribution in [2.45, 2.75) is 12.8 Å². The van der Waals surface area contributed by atoms with E-state index in [1.807, 2.05) is 24.3 Å². The molecule has 2 aliphatic rings. The summed E-state index contributed by atoms with van der Waals surface area (Å²) in [6.45, 7) is 0. The minimum Gasteiger partial charge on any atom is -0.457 e. The Labute approximate surface area is 111 Å². The van der Waals surface area contributed by atoms with Gasteiger partial charge in [-0.2, -0.15) is 0 Å². The summed E-state index contributed by atoms with van der Waals surface area (Å²) in [6, 6.07) is 12.4. The molecule has 2 aromatic rings. The predicted molar refractivity (Wildman–Crippen MR) is 74.1 cm³/mol. The molecule has 0 aromatic heterocycles. The summed E-state index contributed by atoms with van der Waals surface area (Å²) in [4.78, 5) is 11.4. The Hall–Kier alpha value is -2.35. The van der Waals surface area contributed by atoms with Crippen LogP contribution in [0, 0.1) is 0 Å². The van der Waals surface area contributed by atoms with Crippen LogP contribution in [0.25, 0.3) is 10.8 Å². The average Bonchev–Trinajstić information content (AvgIpc) is 2.45. The highest BCUT2D eigenvalue weighted by atomic mass is 16.5. The highest BCUT2D eigenvalue weighted by Gasteiger charge is 2.24. The Morgan fingerprint density at radius 2 is 1.95 bits per heavy atom. The zero-order valence-electron chi connectivity index (χ0n) is 10.3. The maximum absolute atomic E-state index is 11.4. The van der Waals surface area contributed by atoms with Crippen molar-refractivity contribution in [2.75, 3.05) is 0 Å². The third kappa shape index (κ3) is 1.60. The molecular weight excluding hydrogens is 236 g/mol. The highest BCUT2D eigenvalue weighted by Crippen LogP contribution is 2.38. The number of fused-ring (bicyclic) bond motifs is 4. The molecule has 0 spiro atoms. The van der Waals surface area contributed by atoms with E-state index < -0.39 is 0 Å². The zero-order valence-corrected chi connectivity index (χ0v) is 10.3. The van der Waals surface area contributed by atoms with Gasteiger partial charge >= 0.3 is 0 Å². The molecule has 0 saturated carbocycles. The first-order valence-electron chi connectivity index (χ1n) is 6.44. The van der Waals surface area contributed by atoms with Crippen molar-refractivity contribution in [3.8, 4) is 5.75 Å². The minimum absolute atomic E-state index is 0.114. The van der Waals surface area contributed by atoms with Crippen LogP contribution in [-0.4, -0.2) is 5.78 Å². The highest BCUT2D eigenvalue weighted by molar-refractivity contribution is 5.94. The van der Waals surface area contributed by atoms with Gasteiger partial charge in [-0.15, -0.1) is 0 Å². The second kappa shape index (κ2) is 3.82. The number of allylic oxidation sites excluding steroid dienone is 3. The Morgan fingerprint density at radius 1 is 1.05 bits per heavy atom. The molecular formula is C17H12O2. The molecule has 0 N–H and O–H groups in total. The second-order valence-corrected chi connectivity index (χ2v) is 4.95. The fourth-order valence-corrected chi connectivity index (χ4v) is 2.78. The van der Waals surface area contributed by atoms with E-state index in [1.54, 1.807) is 6.08 Å². The molecule has 0 fully saturated rings. The number of carbonyl (C=O) groups excluding carboxylic acids is 1. The van der Waals surface area contributed by atoms with E-state index in [0.29, 0.717) is 6.42 Å². The van der Waals surface area contributed by atoms with Crippen molar-refractivity contribution >= 4 is 16.6 Å². The van der Waals surface area contributed by atoms with Gasteiger partial charge in [0, 0.05) is 24.5 Å². The van der Waals surface area contributed by atoms with E-state index in [-0.39, 0.29) is 5.78 Å². The van der Waals surface area contributed by atoms with Crippen LogP contribution in [0.15, 0.2) is 59.9 Å². The van der Waals surface area contributed by atoms with Gasteiger partial charge < -0.3 is 4.74 Å². The number of hydrogen-bond acceptors (Lipinski definition) is 2. The van der Waals surface area contributed by atoms with Gasteiger partial charge in [0.15, 0.2) is 5.78 Å². The average molecular weight is 248 g/mol. The molecule has 1 heterocycles. The summed E-state index contributed by atoms with van der Waals surface area (Å²) >= 11 is 0. The van der Waals surface area contributed by atoms with Crippen LogP contribution in [0.5, 0.6) is 5.75 Å². The van der Waals surface area contributed by atoms with Gasteiger partial charge in [-0.25, -0.2) is 0 Å². The molecule has 0 unspecified atom stereocenters. The lowest BCUT2D eigenvalue weighted by molar-refractivity contribution is -0.114. The largest absolute Gasteiger partial charge is 0.457 e. The Balaban J connectivity index is 1.93. The third-order valence-corrected chi connectivity index (χ3v) is 3.74. The maximum atomic E-state index is 11.4. The minimum atomic E-state index is 0.114. The van der Waals surface area contributed by atoms with Crippen molar-refractivity contribution in [1.82, 2.24) is 0 Å². The van der Waals surface area contributed by atoms with E-state index in [0.717, 1.165) is 23.5 Å². The number of rotatable bonds is 0. The zero-order chi connectivity index (χ0) is 12.8. The summed E-state index contributed by atoms with van der Waals surface area (Å²) in [5.74, 6) is 1.71. The lowest BCUT2D eigenvalue weighted by Gasteiger charge is -2.25. The van der Waals surface area contributed by atoms with E-state index in [1.165, 1.54) is 16.3 Å². The molecule has 2 aromatic carbocycles. The van der Waals surface area contributed by atoms with Crippen LogP contribution >= 0.6 is 0 Å². The summed E-state index contributed by atoms with van der Waals surface area (Å²) in [7, 11) is 0. The van der Waals surface area contributed by atoms with Crippen LogP contribution in [0.3, 0.4) is 0 Å². The van der Waals surface area contributed by atoms with Gasteiger partial charge in [0.2, 0.25) is 0 Å². The lowest BCUT2D eigenvalue weighted by Crippen LogP contribution is -2.15. The predicted octanol–water partition coefficient (Wildman–Crippen LogP) is 3.56. The van der Waals surface area contributed by atoms with Crippen LogP contribution in [0.1, 0.15) is 12.0 Å². The van der Waals surface area contributed by atoms with Crippen LogP contribution in [0.2, 0.25) is 0 Å². The summed E-state index contributed by atoms with van der Waals surface area (Å²) in [5, 5.41) is 2.46. The molecule has 1 aliphatic heterocycles. The van der Waals surface area contributed by atoms with Crippen LogP contribution in [-0.2, 0) is 11.2 Å². The Bertz CT molecular complexity index is 766. The summed E-state index contributed by atoms with van der Waals surface area (Å²) in [5.41, 5.74) is 2.35. The number of hydrogen-bond donors (Lipinski definition) is 0. The third-order valence-electron chi connectivity index (χ3n) is 3.74. The fraction of sp³-hybridized carbons (Fsp3) is 0.118. The Morgan fingerprint density at radius 3 is 2.89 bits per heavy atom. The number of carbonyl (C=O) groups is 1. The Kier molecular flexibility index (Phi) is 2.12. The van der Waals surface area contributed by atoms with E-state index in [9.17, 15) is 4.79 Å². The standard InChI is InChI=1S/C17H12O2/c18-13-7-5-12-9-15-14-4-2-1-3-11(14)6-8-16(15)19-17(12)10-13/h1-6,8,10H,7,9H2. The molecule has 92 valence electrons. The molecule has 19 heavy (non-hydrogen) atoms. The van der Waals surface area contributed by atoms with Crippen LogP contribution < -0.4 is 4.74 Å². The molecule has 0 radical (unpaired) electrons. The van der Waals surface area contributed by atoms with Crippen molar-refractivity contribution in [1.29, 1.82) is 0 Å². The molecule has 0 bridgehead atoms. The first kappa shape index (κ1) is 10.6. The van der Waals surface area contributed by atoms with Crippen molar-refractivity contribution in [3.05, 3.63) is 65.4 Å². The lowest BCUT2D eigenvalue weighted by atomic mass is 9.91. The second-order valence-electron chi connectivity index (χ2n) is 4.95. The van der Waals surface area contributed by atoms with Gasteiger partial charge in [0.05, 0.1) is 0 Å². The molecule has 0 saturated heterocycles. The first-order valence-corrected chi connectivity index (χ1v) is 6.44. The van der Waals surface area contributed by atoms with Crippen LogP contribution in [0.4, 0.5) is 0 Å². The van der Waals surface area contributed by atoms with Gasteiger partial charge in [0.25, 0.3) is 0 Å². The number of ether oxygens (including phenoxy) is 1. The molecule has 2 heteroatoms. The molecule has 4 rings (SSSR count). The van der Waals surface area contributed by atoms with E-state index in [4.69, 9.17) is 4.74 Å². The smallest absolute Gasteiger partial charge is 0.163 e. The normalized spacial score (nSPS) is 17.2. The maximum Gasteiger partial charge on any atom is 0.163 e. The van der Waals surface area contributed by atoms with Crippen molar-refractivity contribution < 1.29 is 9.53 Å². The van der Waals surface area contributed by atoms with Gasteiger partial charge in [0.1, 0.15) is 11.5 Å². The monoisotopic (exact) mass is 248 g/mol. The summed E-state index contributed by atoms with van der Waals surface area (Å²) < 4.78 is 5.89. The molecule has 0 atom stereocenters. The molecule has 0 amide bonds. The van der Waals surface area contributed by atoms with Gasteiger partial charge in [-0.1, -0.05) is 36.4 Å². The summed E-state index contributed by atoms with van der Waals surface area (Å²) in [6.07, 6.45) is 4.94.